The minimum Gasteiger partial charge on any atom is -0.332 e. The Morgan fingerprint density at radius 2 is 1.90 bits per heavy atom. The standard InChI is InChI=1S/C18H20N2O/c1-2-14-5-7-16(8-6-14)18(21)20-13-3-4-17(20)15-9-11-19-12-10-15/h5-12,17H,2-4,13H2,1H3. The molecular formula is C18H20N2O. The van der Waals surface area contributed by atoms with Gasteiger partial charge in [0.25, 0.3) is 5.91 Å². The van der Waals surface area contributed by atoms with Crippen LogP contribution in [0.2, 0.25) is 0 Å². The van der Waals surface area contributed by atoms with Gasteiger partial charge < -0.3 is 4.90 Å². The van der Waals surface area contributed by atoms with Gasteiger partial charge in [0.05, 0.1) is 6.04 Å². The predicted molar refractivity (Wildman–Crippen MR) is 83.1 cm³/mol. The summed E-state index contributed by atoms with van der Waals surface area (Å²) in [6.07, 6.45) is 6.69. The quantitative estimate of drug-likeness (QED) is 0.860. The van der Waals surface area contributed by atoms with E-state index in [9.17, 15) is 4.79 Å². The van der Waals surface area contributed by atoms with E-state index in [2.05, 4.69) is 11.9 Å². The molecule has 1 aromatic heterocycles. The third-order valence-electron chi connectivity index (χ3n) is 4.21. The molecule has 1 aliphatic rings. The second-order valence-corrected chi connectivity index (χ2v) is 5.49. The molecule has 0 radical (unpaired) electrons. The summed E-state index contributed by atoms with van der Waals surface area (Å²) in [5, 5.41) is 0. The zero-order valence-electron chi connectivity index (χ0n) is 12.3. The van der Waals surface area contributed by atoms with Gasteiger partial charge in [0.15, 0.2) is 0 Å². The number of likely N-dealkylation sites (tertiary alicyclic amines) is 1. The van der Waals surface area contributed by atoms with Crippen LogP contribution in [0.4, 0.5) is 0 Å². The highest BCUT2D eigenvalue weighted by Gasteiger charge is 2.30. The maximum Gasteiger partial charge on any atom is 0.254 e. The number of hydrogen-bond donors (Lipinski definition) is 0. The SMILES string of the molecule is CCc1ccc(C(=O)N2CCCC2c2ccncc2)cc1. The van der Waals surface area contributed by atoms with E-state index < -0.39 is 0 Å². The van der Waals surface area contributed by atoms with Crippen LogP contribution >= 0.6 is 0 Å². The van der Waals surface area contributed by atoms with Crippen LogP contribution in [0.25, 0.3) is 0 Å². The lowest BCUT2D eigenvalue weighted by Crippen LogP contribution is -2.30. The van der Waals surface area contributed by atoms with Crippen LogP contribution < -0.4 is 0 Å². The van der Waals surface area contributed by atoms with Crippen molar-refractivity contribution in [1.82, 2.24) is 9.88 Å². The number of benzene rings is 1. The molecule has 1 saturated heterocycles. The molecule has 1 aliphatic heterocycles. The number of hydrogen-bond acceptors (Lipinski definition) is 2. The van der Waals surface area contributed by atoms with E-state index in [-0.39, 0.29) is 11.9 Å². The zero-order valence-corrected chi connectivity index (χ0v) is 12.3. The van der Waals surface area contributed by atoms with E-state index in [1.165, 1.54) is 11.1 Å². The molecule has 0 bridgehead atoms. The van der Waals surface area contributed by atoms with Crippen molar-refractivity contribution in [2.75, 3.05) is 6.54 Å². The third kappa shape index (κ3) is 2.82. The van der Waals surface area contributed by atoms with Crippen LogP contribution in [0.1, 0.15) is 47.3 Å². The summed E-state index contributed by atoms with van der Waals surface area (Å²) >= 11 is 0. The van der Waals surface area contributed by atoms with Crippen molar-refractivity contribution in [3.05, 3.63) is 65.5 Å². The lowest BCUT2D eigenvalue weighted by Gasteiger charge is -2.25. The molecule has 3 nitrogen and oxygen atoms in total. The van der Waals surface area contributed by atoms with Crippen LogP contribution in [0.5, 0.6) is 0 Å². The molecule has 0 saturated carbocycles. The number of carbonyl (C=O) groups excluding carboxylic acids is 1. The number of aryl methyl sites for hydroxylation is 1. The summed E-state index contributed by atoms with van der Waals surface area (Å²) in [5.41, 5.74) is 3.23. The summed E-state index contributed by atoms with van der Waals surface area (Å²) in [4.78, 5) is 18.8. The summed E-state index contributed by atoms with van der Waals surface area (Å²) in [6.45, 7) is 2.96. The van der Waals surface area contributed by atoms with Crippen molar-refractivity contribution in [3.63, 3.8) is 0 Å². The van der Waals surface area contributed by atoms with E-state index in [0.717, 1.165) is 31.4 Å². The molecular weight excluding hydrogens is 260 g/mol. The van der Waals surface area contributed by atoms with Crippen molar-refractivity contribution >= 4 is 5.91 Å². The number of aromatic nitrogens is 1. The van der Waals surface area contributed by atoms with Gasteiger partial charge in [0.2, 0.25) is 0 Å². The Balaban J connectivity index is 1.82. The highest BCUT2D eigenvalue weighted by molar-refractivity contribution is 5.94. The van der Waals surface area contributed by atoms with E-state index in [1.807, 2.05) is 41.3 Å². The van der Waals surface area contributed by atoms with Gasteiger partial charge in [0.1, 0.15) is 0 Å². The Labute approximate surface area is 125 Å². The Hall–Kier alpha value is -2.16. The van der Waals surface area contributed by atoms with Gasteiger partial charge in [-0.25, -0.2) is 0 Å². The van der Waals surface area contributed by atoms with Crippen LogP contribution in [0, 0.1) is 0 Å². The zero-order chi connectivity index (χ0) is 14.7. The van der Waals surface area contributed by atoms with Crippen molar-refractivity contribution < 1.29 is 4.79 Å². The molecule has 1 unspecified atom stereocenters. The normalized spacial score (nSPS) is 18.0. The lowest BCUT2D eigenvalue weighted by molar-refractivity contribution is 0.0735. The van der Waals surface area contributed by atoms with Gasteiger partial charge in [-0.15, -0.1) is 0 Å². The van der Waals surface area contributed by atoms with Gasteiger partial charge in [-0.1, -0.05) is 19.1 Å². The maximum atomic E-state index is 12.7. The topological polar surface area (TPSA) is 33.2 Å². The first kappa shape index (κ1) is 13.8. The first-order valence-corrected chi connectivity index (χ1v) is 7.59. The second kappa shape index (κ2) is 6.08. The average molecular weight is 280 g/mol. The fourth-order valence-electron chi connectivity index (χ4n) is 2.99. The molecule has 1 atom stereocenters. The fraction of sp³-hybridized carbons (Fsp3) is 0.333. The molecule has 2 aromatic rings. The molecule has 2 heterocycles. The summed E-state index contributed by atoms with van der Waals surface area (Å²) in [7, 11) is 0. The highest BCUT2D eigenvalue weighted by Crippen LogP contribution is 2.32. The minimum atomic E-state index is 0.136. The Bertz CT molecular complexity index is 607. The van der Waals surface area contributed by atoms with E-state index in [4.69, 9.17) is 0 Å². The molecule has 1 aromatic carbocycles. The number of pyridine rings is 1. The maximum absolute atomic E-state index is 12.7. The van der Waals surface area contributed by atoms with Crippen molar-refractivity contribution in [2.24, 2.45) is 0 Å². The largest absolute Gasteiger partial charge is 0.332 e. The van der Waals surface area contributed by atoms with Crippen LogP contribution in [0.3, 0.4) is 0 Å². The first-order valence-electron chi connectivity index (χ1n) is 7.59. The monoisotopic (exact) mass is 280 g/mol. The predicted octanol–water partition coefficient (Wildman–Crippen LogP) is 3.62. The van der Waals surface area contributed by atoms with Gasteiger partial charge in [0, 0.05) is 24.5 Å². The molecule has 1 fully saturated rings. The number of carbonyl (C=O) groups is 1. The summed E-state index contributed by atoms with van der Waals surface area (Å²) in [6, 6.07) is 12.2. The number of rotatable bonds is 3. The van der Waals surface area contributed by atoms with Gasteiger partial charge >= 0.3 is 0 Å². The van der Waals surface area contributed by atoms with Crippen molar-refractivity contribution in [1.29, 1.82) is 0 Å². The Morgan fingerprint density at radius 3 is 2.57 bits per heavy atom. The number of nitrogens with zero attached hydrogens (tertiary/aromatic N) is 2. The van der Waals surface area contributed by atoms with Crippen LogP contribution in [-0.4, -0.2) is 22.3 Å². The van der Waals surface area contributed by atoms with Gasteiger partial charge in [-0.3, -0.25) is 9.78 Å². The first-order chi connectivity index (χ1) is 10.3. The smallest absolute Gasteiger partial charge is 0.254 e. The molecule has 0 aliphatic carbocycles. The average Bonchev–Trinajstić information content (AvgIpc) is 3.04. The lowest BCUT2D eigenvalue weighted by atomic mass is 10.0. The van der Waals surface area contributed by atoms with E-state index in [1.54, 1.807) is 12.4 Å². The molecule has 0 spiro atoms. The molecule has 3 heteroatoms. The van der Waals surface area contributed by atoms with Gasteiger partial charge in [-0.2, -0.15) is 0 Å². The number of amides is 1. The summed E-state index contributed by atoms with van der Waals surface area (Å²) < 4.78 is 0. The third-order valence-corrected chi connectivity index (χ3v) is 4.21. The van der Waals surface area contributed by atoms with Gasteiger partial charge in [-0.05, 0) is 54.7 Å². The molecule has 3 rings (SSSR count). The van der Waals surface area contributed by atoms with E-state index in [0.29, 0.717) is 0 Å². The Morgan fingerprint density at radius 1 is 1.19 bits per heavy atom. The fourth-order valence-corrected chi connectivity index (χ4v) is 2.99. The second-order valence-electron chi connectivity index (χ2n) is 5.49. The highest BCUT2D eigenvalue weighted by atomic mass is 16.2. The van der Waals surface area contributed by atoms with Crippen molar-refractivity contribution in [2.45, 2.75) is 32.2 Å². The Kier molecular flexibility index (Phi) is 4.00. The molecule has 0 N–H and O–H groups in total. The molecule has 108 valence electrons. The van der Waals surface area contributed by atoms with Crippen LogP contribution in [0.15, 0.2) is 48.8 Å². The minimum absolute atomic E-state index is 0.136. The van der Waals surface area contributed by atoms with Crippen molar-refractivity contribution in [3.8, 4) is 0 Å². The molecule has 21 heavy (non-hydrogen) atoms. The van der Waals surface area contributed by atoms with E-state index >= 15 is 0 Å². The molecule has 1 amide bonds. The summed E-state index contributed by atoms with van der Waals surface area (Å²) in [5.74, 6) is 0.136. The van der Waals surface area contributed by atoms with Crippen LogP contribution in [-0.2, 0) is 6.42 Å².